The minimum absolute atomic E-state index is 0.0709. The molecule has 116 valence electrons. The maximum absolute atomic E-state index is 12.7. The van der Waals surface area contributed by atoms with E-state index in [1.54, 1.807) is 11.1 Å². The van der Waals surface area contributed by atoms with Gasteiger partial charge in [0.25, 0.3) is 0 Å². The summed E-state index contributed by atoms with van der Waals surface area (Å²) in [7, 11) is 1.92. The van der Waals surface area contributed by atoms with Crippen LogP contribution in [0.15, 0.2) is 12.3 Å². The van der Waals surface area contributed by atoms with Crippen molar-refractivity contribution in [1.29, 1.82) is 0 Å². The maximum atomic E-state index is 12.7. The van der Waals surface area contributed by atoms with Gasteiger partial charge in [0.05, 0.1) is 28.6 Å². The molecule has 0 saturated carbocycles. The molecule has 1 aliphatic heterocycles. The highest BCUT2D eigenvalue weighted by Crippen LogP contribution is 2.33. The van der Waals surface area contributed by atoms with Crippen LogP contribution in [0.4, 0.5) is 5.69 Å². The van der Waals surface area contributed by atoms with Gasteiger partial charge in [0.2, 0.25) is 5.91 Å². The fourth-order valence-electron chi connectivity index (χ4n) is 2.98. The number of halogens is 1. The summed E-state index contributed by atoms with van der Waals surface area (Å²) < 4.78 is 1.85. The first-order chi connectivity index (χ1) is 10.4. The zero-order valence-corrected chi connectivity index (χ0v) is 14.0. The Hall–Kier alpha value is -1.88. The smallest absolute Gasteiger partial charge is 0.230 e. The molecule has 0 aromatic carbocycles. The van der Waals surface area contributed by atoms with Gasteiger partial charge in [0.1, 0.15) is 0 Å². The number of hydrogen-bond donors (Lipinski definition) is 0. The molecule has 22 heavy (non-hydrogen) atoms. The lowest BCUT2D eigenvalue weighted by molar-refractivity contribution is -0.122. The molecule has 1 aliphatic rings. The van der Waals surface area contributed by atoms with Crippen molar-refractivity contribution in [1.82, 2.24) is 14.8 Å². The van der Waals surface area contributed by atoms with Crippen molar-refractivity contribution >= 4 is 23.2 Å². The van der Waals surface area contributed by atoms with Gasteiger partial charge in [-0.2, -0.15) is 5.10 Å². The highest BCUT2D eigenvalue weighted by molar-refractivity contribution is 6.30. The van der Waals surface area contributed by atoms with Gasteiger partial charge >= 0.3 is 0 Å². The average Bonchev–Trinajstić information content (AvgIpc) is 2.70. The lowest BCUT2D eigenvalue weighted by Gasteiger charge is -2.32. The van der Waals surface area contributed by atoms with Gasteiger partial charge in [0, 0.05) is 36.8 Å². The van der Waals surface area contributed by atoms with E-state index in [1.807, 2.05) is 38.6 Å². The van der Waals surface area contributed by atoms with Gasteiger partial charge in [-0.3, -0.25) is 14.5 Å². The van der Waals surface area contributed by atoms with Crippen molar-refractivity contribution in [2.75, 3.05) is 4.90 Å². The van der Waals surface area contributed by atoms with Gasteiger partial charge in [-0.1, -0.05) is 18.5 Å². The van der Waals surface area contributed by atoms with Crippen molar-refractivity contribution in [2.24, 2.45) is 13.0 Å². The molecule has 0 fully saturated rings. The van der Waals surface area contributed by atoms with E-state index in [9.17, 15) is 4.79 Å². The maximum Gasteiger partial charge on any atom is 0.230 e. The van der Waals surface area contributed by atoms with E-state index in [0.717, 1.165) is 28.3 Å². The summed E-state index contributed by atoms with van der Waals surface area (Å²) >= 11 is 6.08. The predicted octanol–water partition coefficient (Wildman–Crippen LogP) is 2.81. The second-order valence-corrected chi connectivity index (χ2v) is 6.36. The summed E-state index contributed by atoms with van der Waals surface area (Å²) in [6.07, 6.45) is 2.30. The molecule has 1 unspecified atom stereocenters. The number of hydrogen-bond acceptors (Lipinski definition) is 3. The number of carbonyl (C=O) groups excluding carboxylic acids is 1. The second-order valence-electron chi connectivity index (χ2n) is 5.92. The molecular weight excluding hydrogens is 300 g/mol. The van der Waals surface area contributed by atoms with Gasteiger partial charge in [-0.25, -0.2) is 0 Å². The Bertz CT molecular complexity index is 753. The van der Waals surface area contributed by atoms with Crippen LogP contribution in [0.2, 0.25) is 5.02 Å². The molecule has 0 aliphatic carbocycles. The van der Waals surface area contributed by atoms with Gasteiger partial charge < -0.3 is 4.90 Å². The van der Waals surface area contributed by atoms with Crippen LogP contribution in [0.3, 0.4) is 0 Å². The number of aromatic nitrogens is 3. The topological polar surface area (TPSA) is 51.0 Å². The fraction of sp³-hybridized carbons (Fsp3) is 0.438. The highest BCUT2D eigenvalue weighted by Gasteiger charge is 2.32. The molecule has 5 nitrogen and oxygen atoms in total. The molecule has 2 aromatic heterocycles. The first kappa shape index (κ1) is 15.0. The minimum Gasteiger partial charge on any atom is -0.306 e. The van der Waals surface area contributed by atoms with E-state index in [1.165, 1.54) is 0 Å². The summed E-state index contributed by atoms with van der Waals surface area (Å²) in [5.74, 6) is 0.0395. The molecule has 3 rings (SSSR count). The standard InChI is InChI=1S/C16H19ClN4O/c1-9-5-14-15(6-12(17)7-18-14)21(16(9)22)8-13-10(2)19-20(4)11(13)3/h6-7,9H,5,8H2,1-4H3. The van der Waals surface area contributed by atoms with E-state index in [0.29, 0.717) is 18.0 Å². The Balaban J connectivity index is 2.05. The van der Waals surface area contributed by atoms with Gasteiger partial charge in [-0.15, -0.1) is 0 Å². The largest absolute Gasteiger partial charge is 0.306 e. The van der Waals surface area contributed by atoms with Crippen LogP contribution in [0.1, 0.15) is 29.6 Å². The highest BCUT2D eigenvalue weighted by atomic mass is 35.5. The molecule has 0 spiro atoms. The van der Waals surface area contributed by atoms with E-state index in [-0.39, 0.29) is 11.8 Å². The average molecular weight is 319 g/mol. The first-order valence-electron chi connectivity index (χ1n) is 7.33. The molecule has 1 amide bonds. The normalized spacial score (nSPS) is 17.8. The van der Waals surface area contributed by atoms with Crippen LogP contribution in [0.5, 0.6) is 0 Å². The zero-order valence-electron chi connectivity index (χ0n) is 13.2. The molecule has 1 atom stereocenters. The first-order valence-corrected chi connectivity index (χ1v) is 7.71. The number of pyridine rings is 1. The van der Waals surface area contributed by atoms with Crippen LogP contribution in [-0.4, -0.2) is 20.7 Å². The van der Waals surface area contributed by atoms with E-state index in [4.69, 9.17) is 11.6 Å². The number of rotatable bonds is 2. The van der Waals surface area contributed by atoms with Crippen LogP contribution in [0.25, 0.3) is 0 Å². The van der Waals surface area contributed by atoms with Gasteiger partial charge in [0.15, 0.2) is 0 Å². The molecule has 0 radical (unpaired) electrons. The fourth-order valence-corrected chi connectivity index (χ4v) is 3.13. The molecule has 2 aromatic rings. The molecule has 6 heteroatoms. The Morgan fingerprint density at radius 2 is 2.14 bits per heavy atom. The van der Waals surface area contributed by atoms with Crippen molar-refractivity contribution in [3.8, 4) is 0 Å². The Morgan fingerprint density at radius 1 is 1.41 bits per heavy atom. The Morgan fingerprint density at radius 3 is 2.77 bits per heavy atom. The van der Waals surface area contributed by atoms with Crippen molar-refractivity contribution in [3.63, 3.8) is 0 Å². The summed E-state index contributed by atoms with van der Waals surface area (Å²) in [4.78, 5) is 18.9. The molecular formula is C16H19ClN4O. The van der Waals surface area contributed by atoms with E-state index < -0.39 is 0 Å². The lowest BCUT2D eigenvalue weighted by atomic mass is 9.96. The zero-order chi connectivity index (χ0) is 16.0. The minimum atomic E-state index is -0.0709. The molecule has 3 heterocycles. The van der Waals surface area contributed by atoms with Crippen molar-refractivity contribution < 1.29 is 4.79 Å². The lowest BCUT2D eigenvalue weighted by Crippen LogP contribution is -2.40. The summed E-state index contributed by atoms with van der Waals surface area (Å²) in [5.41, 5.74) is 4.84. The third-order valence-electron chi connectivity index (χ3n) is 4.37. The number of aryl methyl sites for hydroxylation is 2. The van der Waals surface area contributed by atoms with Crippen LogP contribution >= 0.6 is 11.6 Å². The third kappa shape index (κ3) is 2.39. The van der Waals surface area contributed by atoms with E-state index >= 15 is 0 Å². The van der Waals surface area contributed by atoms with Crippen LogP contribution in [0, 0.1) is 19.8 Å². The second kappa shape index (κ2) is 5.39. The quantitative estimate of drug-likeness (QED) is 0.855. The monoisotopic (exact) mass is 318 g/mol. The number of anilines is 1. The molecule has 0 bridgehead atoms. The Kier molecular flexibility index (Phi) is 3.68. The van der Waals surface area contributed by atoms with Crippen LogP contribution in [-0.2, 0) is 24.8 Å². The predicted molar refractivity (Wildman–Crippen MR) is 86.0 cm³/mol. The summed E-state index contributed by atoms with van der Waals surface area (Å²) in [6.45, 7) is 6.43. The number of nitrogens with zero attached hydrogens (tertiary/aromatic N) is 4. The molecule has 0 saturated heterocycles. The summed E-state index contributed by atoms with van der Waals surface area (Å²) in [5, 5.41) is 4.98. The molecule has 0 N–H and O–H groups in total. The van der Waals surface area contributed by atoms with Gasteiger partial charge in [-0.05, 0) is 19.9 Å². The number of fused-ring (bicyclic) bond motifs is 1. The van der Waals surface area contributed by atoms with E-state index in [2.05, 4.69) is 10.1 Å². The van der Waals surface area contributed by atoms with Crippen LogP contribution < -0.4 is 4.90 Å². The summed E-state index contributed by atoms with van der Waals surface area (Å²) in [6, 6.07) is 1.83. The SMILES string of the molecule is Cc1nn(C)c(C)c1CN1C(=O)C(C)Cc2ncc(Cl)cc21. The van der Waals surface area contributed by atoms with Crippen molar-refractivity contribution in [3.05, 3.63) is 39.9 Å². The van der Waals surface area contributed by atoms with Crippen molar-refractivity contribution in [2.45, 2.75) is 33.7 Å². The Labute approximate surface area is 134 Å². The third-order valence-corrected chi connectivity index (χ3v) is 4.57. The number of carbonyl (C=O) groups is 1. The number of amides is 1.